The van der Waals surface area contributed by atoms with E-state index in [4.69, 9.17) is 18.3 Å². The first-order valence-corrected chi connectivity index (χ1v) is 17.5. The third-order valence-corrected chi connectivity index (χ3v) is 16.1. The van der Waals surface area contributed by atoms with Crippen molar-refractivity contribution in [1.29, 1.82) is 0 Å². The molecule has 0 fully saturated rings. The summed E-state index contributed by atoms with van der Waals surface area (Å²) in [6.45, 7) is 22.0. The van der Waals surface area contributed by atoms with Crippen molar-refractivity contribution >= 4 is 28.6 Å². The van der Waals surface area contributed by atoms with E-state index in [-0.39, 0.29) is 47.1 Å². The van der Waals surface area contributed by atoms with E-state index < -0.39 is 16.6 Å². The van der Waals surface area contributed by atoms with Gasteiger partial charge in [0.2, 0.25) is 0 Å². The van der Waals surface area contributed by atoms with Crippen LogP contribution in [0, 0.1) is 11.8 Å². The molecular formula is C24H46O6Si2. The molecular weight excluding hydrogens is 440 g/mol. The quantitative estimate of drug-likeness (QED) is 0.224. The molecule has 0 bridgehead atoms. The first-order valence-electron chi connectivity index (χ1n) is 11.7. The normalized spacial score (nSPS) is 20.2. The predicted octanol–water partition coefficient (Wildman–Crippen LogP) is 5.70. The fourth-order valence-corrected chi connectivity index (χ4v) is 4.56. The second-order valence-corrected chi connectivity index (χ2v) is 21.6. The van der Waals surface area contributed by atoms with Crippen molar-refractivity contribution in [1.82, 2.24) is 0 Å². The molecule has 0 saturated carbocycles. The Kier molecular flexibility index (Phi) is 10.4. The van der Waals surface area contributed by atoms with Gasteiger partial charge >= 0.3 is 11.9 Å². The Bertz CT molecular complexity index is 658. The maximum Gasteiger partial charge on any atom is 0.330 e. The van der Waals surface area contributed by atoms with Crippen LogP contribution in [0.4, 0.5) is 0 Å². The summed E-state index contributed by atoms with van der Waals surface area (Å²) in [4.78, 5) is 24.3. The van der Waals surface area contributed by atoms with Gasteiger partial charge in [0.1, 0.15) is 13.2 Å². The van der Waals surface area contributed by atoms with Gasteiger partial charge in [-0.15, -0.1) is 0 Å². The molecule has 1 rings (SSSR count). The second-order valence-electron chi connectivity index (χ2n) is 12.0. The van der Waals surface area contributed by atoms with Crippen LogP contribution in [0.25, 0.3) is 0 Å². The van der Waals surface area contributed by atoms with Gasteiger partial charge in [0.05, 0.1) is 13.2 Å². The molecule has 6 nitrogen and oxygen atoms in total. The van der Waals surface area contributed by atoms with E-state index in [1.165, 1.54) is 0 Å². The Morgan fingerprint density at radius 2 is 1.25 bits per heavy atom. The molecule has 0 aromatic carbocycles. The monoisotopic (exact) mass is 486 g/mol. The molecule has 186 valence electrons. The lowest BCUT2D eigenvalue weighted by Gasteiger charge is -2.35. The zero-order valence-corrected chi connectivity index (χ0v) is 24.0. The van der Waals surface area contributed by atoms with E-state index in [1.807, 2.05) is 0 Å². The number of esters is 2. The standard InChI is InChI=1S/C24H46O6Si2/c1-23(2,3)31(7,8)29-17-21(25)27-15-19-12-11-13-20(14-19)16-28-22(26)18-30-32(9,10)24(4,5)6/h11-12,19-20H,13-18H2,1-10H3/t19-,20-/m1/s1. The third kappa shape index (κ3) is 9.49. The van der Waals surface area contributed by atoms with Crippen molar-refractivity contribution in [2.24, 2.45) is 11.8 Å². The van der Waals surface area contributed by atoms with Crippen molar-refractivity contribution in [3.63, 3.8) is 0 Å². The molecule has 0 unspecified atom stereocenters. The van der Waals surface area contributed by atoms with Crippen molar-refractivity contribution in [2.75, 3.05) is 26.4 Å². The Morgan fingerprint density at radius 3 is 1.69 bits per heavy atom. The summed E-state index contributed by atoms with van der Waals surface area (Å²) in [5.74, 6) is -0.272. The molecule has 0 N–H and O–H groups in total. The van der Waals surface area contributed by atoms with Gasteiger partial charge in [-0.05, 0) is 55.0 Å². The molecule has 1 aliphatic rings. The van der Waals surface area contributed by atoms with Crippen molar-refractivity contribution < 1.29 is 27.9 Å². The highest BCUT2D eigenvalue weighted by Gasteiger charge is 2.38. The van der Waals surface area contributed by atoms with Gasteiger partial charge in [-0.2, -0.15) is 0 Å². The Hall–Kier alpha value is -0.966. The van der Waals surface area contributed by atoms with Gasteiger partial charge in [0.15, 0.2) is 16.6 Å². The molecule has 0 heterocycles. The van der Waals surface area contributed by atoms with Crippen LogP contribution in [-0.2, 0) is 27.9 Å². The summed E-state index contributed by atoms with van der Waals surface area (Å²) >= 11 is 0. The zero-order chi connectivity index (χ0) is 24.8. The lowest BCUT2D eigenvalue weighted by Crippen LogP contribution is -2.42. The first-order chi connectivity index (χ1) is 14.4. The molecule has 2 atom stereocenters. The summed E-state index contributed by atoms with van der Waals surface area (Å²) in [6.07, 6.45) is 5.85. The number of ether oxygens (including phenoxy) is 2. The van der Waals surface area contributed by atoms with Gasteiger partial charge in [0, 0.05) is 5.92 Å². The van der Waals surface area contributed by atoms with Crippen molar-refractivity contribution in [3.05, 3.63) is 12.2 Å². The van der Waals surface area contributed by atoms with Crippen LogP contribution in [-0.4, -0.2) is 55.0 Å². The Balaban J connectivity index is 2.35. The van der Waals surface area contributed by atoms with Crippen molar-refractivity contribution in [3.8, 4) is 0 Å². The summed E-state index contributed by atoms with van der Waals surface area (Å²) in [5, 5.41) is 0.113. The number of carbonyl (C=O) groups excluding carboxylic acids is 2. The summed E-state index contributed by atoms with van der Waals surface area (Å²) in [7, 11) is -3.94. The number of hydrogen-bond donors (Lipinski definition) is 0. The highest BCUT2D eigenvalue weighted by molar-refractivity contribution is 6.74. The molecule has 0 amide bonds. The smallest absolute Gasteiger partial charge is 0.330 e. The highest BCUT2D eigenvalue weighted by Crippen LogP contribution is 2.37. The summed E-state index contributed by atoms with van der Waals surface area (Å²) < 4.78 is 22.8. The molecule has 0 aromatic heterocycles. The second kappa shape index (κ2) is 11.4. The summed E-state index contributed by atoms with van der Waals surface area (Å²) in [5.41, 5.74) is 0. The van der Waals surface area contributed by atoms with E-state index >= 15 is 0 Å². The third-order valence-electron chi connectivity index (χ3n) is 7.17. The van der Waals surface area contributed by atoms with Gasteiger partial charge in [-0.1, -0.05) is 53.7 Å². The maximum atomic E-state index is 12.2. The Labute approximate surface area is 197 Å². The van der Waals surface area contributed by atoms with Crippen LogP contribution in [0.1, 0.15) is 54.4 Å². The minimum atomic E-state index is -1.97. The van der Waals surface area contributed by atoms with Gasteiger partial charge in [0.25, 0.3) is 0 Å². The molecule has 32 heavy (non-hydrogen) atoms. The predicted molar refractivity (Wildman–Crippen MR) is 134 cm³/mol. The molecule has 8 heteroatoms. The molecule has 0 saturated heterocycles. The van der Waals surface area contributed by atoms with E-state index in [9.17, 15) is 9.59 Å². The summed E-state index contributed by atoms with van der Waals surface area (Å²) in [6, 6.07) is 0. The fourth-order valence-electron chi connectivity index (χ4n) is 2.73. The zero-order valence-electron chi connectivity index (χ0n) is 22.0. The van der Waals surface area contributed by atoms with E-state index in [0.717, 1.165) is 12.8 Å². The van der Waals surface area contributed by atoms with Crippen molar-refractivity contribution in [2.45, 2.75) is 90.6 Å². The average molecular weight is 487 g/mol. The topological polar surface area (TPSA) is 71.1 Å². The average Bonchev–Trinajstić information content (AvgIpc) is 2.66. The minimum Gasteiger partial charge on any atom is -0.464 e. The van der Waals surface area contributed by atoms with Gasteiger partial charge in [-0.25, -0.2) is 9.59 Å². The van der Waals surface area contributed by atoms with E-state index in [0.29, 0.717) is 13.2 Å². The minimum absolute atomic E-state index is 0.00218. The van der Waals surface area contributed by atoms with Crippen LogP contribution in [0.15, 0.2) is 12.2 Å². The van der Waals surface area contributed by atoms with Crippen LogP contribution in [0.3, 0.4) is 0 Å². The van der Waals surface area contributed by atoms with Crippen LogP contribution < -0.4 is 0 Å². The SMILES string of the molecule is CC(C)(C)[Si](C)(C)OCC(=O)OC[C@@H]1C=CC[C@@H](COC(=O)CO[Si](C)(C)C(C)(C)C)C1. The van der Waals surface area contributed by atoms with Gasteiger partial charge < -0.3 is 18.3 Å². The Morgan fingerprint density at radius 1 is 0.812 bits per heavy atom. The number of rotatable bonds is 10. The van der Waals surface area contributed by atoms with Crippen LogP contribution in [0.2, 0.25) is 36.3 Å². The maximum absolute atomic E-state index is 12.2. The molecule has 1 aliphatic carbocycles. The van der Waals surface area contributed by atoms with E-state index in [1.54, 1.807) is 0 Å². The number of hydrogen-bond acceptors (Lipinski definition) is 6. The molecule has 0 spiro atoms. The molecule has 0 radical (unpaired) electrons. The van der Waals surface area contributed by atoms with Crippen LogP contribution in [0.5, 0.6) is 0 Å². The lowest BCUT2D eigenvalue weighted by molar-refractivity contribution is -0.148. The number of allylic oxidation sites excluding steroid dienone is 1. The van der Waals surface area contributed by atoms with Crippen LogP contribution >= 0.6 is 0 Å². The molecule has 0 aromatic rings. The first kappa shape index (κ1) is 29.1. The van der Waals surface area contributed by atoms with E-state index in [2.05, 4.69) is 79.9 Å². The highest BCUT2D eigenvalue weighted by atomic mass is 28.4. The van der Waals surface area contributed by atoms with Gasteiger partial charge in [-0.3, -0.25) is 0 Å². The largest absolute Gasteiger partial charge is 0.464 e. The number of carbonyl (C=O) groups is 2. The fraction of sp³-hybridized carbons (Fsp3) is 0.833. The molecule has 0 aliphatic heterocycles. The lowest BCUT2D eigenvalue weighted by atomic mass is 9.87.